The summed E-state index contributed by atoms with van der Waals surface area (Å²) in [5, 5.41) is 10.2. The van der Waals surface area contributed by atoms with Gasteiger partial charge in [-0.05, 0) is 22.9 Å². The van der Waals surface area contributed by atoms with Crippen molar-refractivity contribution in [2.24, 2.45) is 0 Å². The van der Waals surface area contributed by atoms with E-state index in [1.807, 2.05) is 0 Å². The molecule has 0 aliphatic heterocycles. The highest BCUT2D eigenvalue weighted by Crippen LogP contribution is 2.26. The van der Waals surface area contributed by atoms with Crippen molar-refractivity contribution in [1.29, 1.82) is 0 Å². The van der Waals surface area contributed by atoms with E-state index in [1.54, 1.807) is 24.3 Å². The fourth-order valence-electron chi connectivity index (χ4n) is 1.59. The largest absolute Gasteiger partial charge is 0.478 e. The van der Waals surface area contributed by atoms with Crippen LogP contribution in [0.15, 0.2) is 41.3 Å². The molecule has 2 rings (SSSR count). The zero-order chi connectivity index (χ0) is 12.6. The van der Waals surface area contributed by atoms with Gasteiger partial charge in [0.25, 0.3) is 9.05 Å². The van der Waals surface area contributed by atoms with Crippen LogP contribution in [0.3, 0.4) is 0 Å². The van der Waals surface area contributed by atoms with Crippen LogP contribution in [0.25, 0.3) is 10.8 Å². The SMILES string of the molecule is O=C(O)c1cc2ccccc2cc1S(=O)(=O)Cl. The first-order chi connectivity index (χ1) is 7.89. The summed E-state index contributed by atoms with van der Waals surface area (Å²) in [4.78, 5) is 10.6. The smallest absolute Gasteiger partial charge is 0.337 e. The Morgan fingerprint density at radius 2 is 1.65 bits per heavy atom. The van der Waals surface area contributed by atoms with Gasteiger partial charge >= 0.3 is 5.97 Å². The number of fused-ring (bicyclic) bond motifs is 1. The molecule has 0 atom stereocenters. The minimum atomic E-state index is -4.08. The maximum absolute atomic E-state index is 11.3. The summed E-state index contributed by atoms with van der Waals surface area (Å²) in [5.74, 6) is -1.32. The molecule has 1 N–H and O–H groups in total. The standard InChI is InChI=1S/C11H7ClO4S/c12-17(15,16)10-6-8-4-2-1-3-7(8)5-9(10)11(13)14/h1-6H,(H,13,14). The number of benzene rings is 2. The molecule has 88 valence electrons. The third-order valence-electron chi connectivity index (χ3n) is 2.34. The van der Waals surface area contributed by atoms with Crippen LogP contribution in [0.4, 0.5) is 0 Å². The summed E-state index contributed by atoms with van der Waals surface area (Å²) < 4.78 is 22.6. The summed E-state index contributed by atoms with van der Waals surface area (Å²) in [6.07, 6.45) is 0. The van der Waals surface area contributed by atoms with E-state index >= 15 is 0 Å². The van der Waals surface area contributed by atoms with Crippen molar-refractivity contribution in [3.8, 4) is 0 Å². The van der Waals surface area contributed by atoms with Gasteiger partial charge < -0.3 is 5.11 Å². The van der Waals surface area contributed by atoms with Gasteiger partial charge in [0.2, 0.25) is 0 Å². The summed E-state index contributed by atoms with van der Waals surface area (Å²) in [7, 11) is 1.14. The molecular formula is C11H7ClO4S. The van der Waals surface area contributed by atoms with Crippen molar-refractivity contribution in [1.82, 2.24) is 0 Å². The number of halogens is 1. The second kappa shape index (κ2) is 4.01. The van der Waals surface area contributed by atoms with Crippen LogP contribution >= 0.6 is 10.7 Å². The predicted molar refractivity (Wildman–Crippen MR) is 63.9 cm³/mol. The second-order valence-electron chi connectivity index (χ2n) is 3.44. The van der Waals surface area contributed by atoms with Crippen molar-refractivity contribution in [2.45, 2.75) is 4.90 Å². The molecule has 0 heterocycles. The van der Waals surface area contributed by atoms with Crippen molar-refractivity contribution < 1.29 is 18.3 Å². The van der Waals surface area contributed by atoms with Crippen LogP contribution in [-0.4, -0.2) is 19.5 Å². The van der Waals surface area contributed by atoms with Crippen molar-refractivity contribution >= 4 is 36.5 Å². The van der Waals surface area contributed by atoms with Crippen molar-refractivity contribution in [3.05, 3.63) is 42.0 Å². The Labute approximate surface area is 102 Å². The Balaban J connectivity index is 2.90. The number of carbonyl (C=O) groups is 1. The lowest BCUT2D eigenvalue weighted by atomic mass is 10.1. The zero-order valence-electron chi connectivity index (χ0n) is 8.42. The molecular weight excluding hydrogens is 264 g/mol. The number of hydrogen-bond acceptors (Lipinski definition) is 3. The first-order valence-corrected chi connectivity index (χ1v) is 6.91. The molecule has 6 heteroatoms. The quantitative estimate of drug-likeness (QED) is 0.851. The third-order valence-corrected chi connectivity index (χ3v) is 3.70. The maximum atomic E-state index is 11.3. The van der Waals surface area contributed by atoms with Gasteiger partial charge in [-0.2, -0.15) is 0 Å². The highest BCUT2D eigenvalue weighted by molar-refractivity contribution is 8.13. The monoisotopic (exact) mass is 270 g/mol. The summed E-state index contributed by atoms with van der Waals surface area (Å²) in [5.41, 5.74) is -0.321. The van der Waals surface area contributed by atoms with E-state index in [4.69, 9.17) is 15.8 Å². The average molecular weight is 271 g/mol. The van der Waals surface area contributed by atoms with E-state index < -0.39 is 15.0 Å². The van der Waals surface area contributed by atoms with Gasteiger partial charge in [-0.15, -0.1) is 0 Å². The van der Waals surface area contributed by atoms with Crippen LogP contribution in [0.1, 0.15) is 10.4 Å². The predicted octanol–water partition coefficient (Wildman–Crippen LogP) is 2.47. The minimum absolute atomic E-state index is 0.321. The second-order valence-corrected chi connectivity index (χ2v) is 5.97. The molecule has 4 nitrogen and oxygen atoms in total. The van der Waals surface area contributed by atoms with E-state index in [2.05, 4.69) is 0 Å². The topological polar surface area (TPSA) is 71.4 Å². The Bertz CT molecular complexity index is 706. The molecule has 17 heavy (non-hydrogen) atoms. The van der Waals surface area contributed by atoms with E-state index in [0.717, 1.165) is 0 Å². The number of rotatable bonds is 2. The molecule has 0 saturated heterocycles. The van der Waals surface area contributed by atoms with Gasteiger partial charge in [-0.3, -0.25) is 0 Å². The van der Waals surface area contributed by atoms with Crippen LogP contribution in [0, 0.1) is 0 Å². The van der Waals surface area contributed by atoms with E-state index in [1.165, 1.54) is 12.1 Å². The highest BCUT2D eigenvalue weighted by Gasteiger charge is 2.20. The molecule has 0 saturated carbocycles. The van der Waals surface area contributed by atoms with Gasteiger partial charge in [0.1, 0.15) is 0 Å². The molecule has 0 fully saturated rings. The third kappa shape index (κ3) is 2.25. The van der Waals surface area contributed by atoms with Gasteiger partial charge in [0.15, 0.2) is 0 Å². The first kappa shape index (κ1) is 11.9. The number of carboxylic acid groups (broad SMARTS) is 1. The average Bonchev–Trinajstić information content (AvgIpc) is 2.26. The molecule has 0 unspecified atom stereocenters. The number of hydrogen-bond donors (Lipinski definition) is 1. The Hall–Kier alpha value is -1.59. The molecule has 2 aromatic rings. The van der Waals surface area contributed by atoms with Gasteiger partial charge in [0, 0.05) is 10.7 Å². The summed E-state index contributed by atoms with van der Waals surface area (Å²) >= 11 is 0. The fraction of sp³-hybridized carbons (Fsp3) is 0. The van der Waals surface area contributed by atoms with Gasteiger partial charge in [-0.1, -0.05) is 24.3 Å². The molecule has 0 aliphatic rings. The molecule has 0 bridgehead atoms. The van der Waals surface area contributed by atoms with Crippen LogP contribution in [-0.2, 0) is 9.05 Å². The van der Waals surface area contributed by atoms with E-state index in [-0.39, 0.29) is 10.5 Å². The van der Waals surface area contributed by atoms with E-state index in [0.29, 0.717) is 10.8 Å². The molecule has 0 radical (unpaired) electrons. The summed E-state index contributed by atoms with van der Waals surface area (Å²) in [6.45, 7) is 0. The van der Waals surface area contributed by atoms with Crippen LogP contribution in [0.2, 0.25) is 0 Å². The zero-order valence-corrected chi connectivity index (χ0v) is 9.99. The molecule has 0 aliphatic carbocycles. The van der Waals surface area contributed by atoms with Crippen molar-refractivity contribution in [2.75, 3.05) is 0 Å². The molecule has 0 aromatic heterocycles. The molecule has 2 aromatic carbocycles. The molecule has 0 spiro atoms. The Morgan fingerprint density at radius 1 is 1.12 bits per heavy atom. The Morgan fingerprint density at radius 3 is 2.12 bits per heavy atom. The normalized spacial score (nSPS) is 11.6. The Kier molecular flexibility index (Phi) is 2.81. The fourth-order valence-corrected chi connectivity index (χ4v) is 2.65. The van der Waals surface area contributed by atoms with Crippen LogP contribution < -0.4 is 0 Å². The van der Waals surface area contributed by atoms with E-state index in [9.17, 15) is 13.2 Å². The summed E-state index contributed by atoms with van der Waals surface area (Å²) in [6, 6.07) is 9.42. The molecule has 0 amide bonds. The number of aromatic carboxylic acids is 1. The van der Waals surface area contributed by atoms with Gasteiger partial charge in [-0.25, -0.2) is 13.2 Å². The lowest BCUT2D eigenvalue weighted by molar-refractivity contribution is 0.0693. The highest BCUT2D eigenvalue weighted by atomic mass is 35.7. The van der Waals surface area contributed by atoms with Gasteiger partial charge in [0.05, 0.1) is 10.5 Å². The minimum Gasteiger partial charge on any atom is -0.478 e. The maximum Gasteiger partial charge on any atom is 0.337 e. The number of carboxylic acids is 1. The van der Waals surface area contributed by atoms with Crippen molar-refractivity contribution in [3.63, 3.8) is 0 Å². The van der Waals surface area contributed by atoms with Crippen LogP contribution in [0.5, 0.6) is 0 Å². The lowest BCUT2D eigenvalue weighted by Gasteiger charge is -2.05. The lowest BCUT2D eigenvalue weighted by Crippen LogP contribution is -2.04. The first-order valence-electron chi connectivity index (χ1n) is 4.60.